The van der Waals surface area contributed by atoms with Gasteiger partial charge in [-0.1, -0.05) is 24.3 Å². The first-order valence-corrected chi connectivity index (χ1v) is 6.31. The van der Waals surface area contributed by atoms with Crippen LogP contribution in [0, 0.1) is 11.6 Å². The molecule has 2 N–H and O–H groups in total. The summed E-state index contributed by atoms with van der Waals surface area (Å²) in [7, 11) is 1.54. The monoisotopic (exact) mass is 277 g/mol. The SMILES string of the molecule is COc1ccccc1C(C)(N)Cc1c(F)cccc1F. The van der Waals surface area contributed by atoms with E-state index in [9.17, 15) is 8.78 Å². The van der Waals surface area contributed by atoms with Crippen molar-refractivity contribution in [1.29, 1.82) is 0 Å². The van der Waals surface area contributed by atoms with Crippen molar-refractivity contribution in [2.24, 2.45) is 5.73 Å². The van der Waals surface area contributed by atoms with Gasteiger partial charge in [-0.2, -0.15) is 0 Å². The molecular formula is C16H17F2NO. The predicted molar refractivity (Wildman–Crippen MR) is 74.6 cm³/mol. The number of methoxy groups -OCH3 is 1. The topological polar surface area (TPSA) is 35.2 Å². The first kappa shape index (κ1) is 14.5. The van der Waals surface area contributed by atoms with E-state index in [1.165, 1.54) is 18.2 Å². The number of hydrogen-bond donors (Lipinski definition) is 1. The van der Waals surface area contributed by atoms with Gasteiger partial charge < -0.3 is 10.5 Å². The lowest BCUT2D eigenvalue weighted by atomic mass is 9.85. The molecule has 0 fully saturated rings. The highest BCUT2D eigenvalue weighted by molar-refractivity contribution is 5.40. The lowest BCUT2D eigenvalue weighted by Crippen LogP contribution is -2.36. The van der Waals surface area contributed by atoms with Gasteiger partial charge in [0.25, 0.3) is 0 Å². The summed E-state index contributed by atoms with van der Waals surface area (Å²) in [4.78, 5) is 0. The fourth-order valence-electron chi connectivity index (χ4n) is 2.28. The highest BCUT2D eigenvalue weighted by atomic mass is 19.1. The van der Waals surface area contributed by atoms with Crippen LogP contribution < -0.4 is 10.5 Å². The summed E-state index contributed by atoms with van der Waals surface area (Å²) in [5, 5.41) is 0. The molecule has 0 saturated carbocycles. The zero-order valence-corrected chi connectivity index (χ0v) is 11.5. The van der Waals surface area contributed by atoms with Crippen molar-refractivity contribution >= 4 is 0 Å². The Labute approximate surface area is 117 Å². The molecule has 20 heavy (non-hydrogen) atoms. The Morgan fingerprint density at radius 1 is 1.05 bits per heavy atom. The van der Waals surface area contributed by atoms with E-state index in [1.54, 1.807) is 26.2 Å². The average molecular weight is 277 g/mol. The molecule has 4 heteroatoms. The van der Waals surface area contributed by atoms with Crippen LogP contribution in [0.5, 0.6) is 5.75 Å². The van der Waals surface area contributed by atoms with Crippen LogP contribution in [0.2, 0.25) is 0 Å². The summed E-state index contributed by atoms with van der Waals surface area (Å²) in [5.41, 5.74) is 6.04. The molecule has 106 valence electrons. The smallest absolute Gasteiger partial charge is 0.129 e. The molecule has 1 atom stereocenters. The molecule has 0 spiro atoms. The van der Waals surface area contributed by atoms with Crippen LogP contribution in [0.25, 0.3) is 0 Å². The summed E-state index contributed by atoms with van der Waals surface area (Å²) < 4.78 is 32.8. The predicted octanol–water partition coefficient (Wildman–Crippen LogP) is 3.39. The molecule has 1 unspecified atom stereocenters. The number of ether oxygens (including phenoxy) is 1. The van der Waals surface area contributed by atoms with Crippen LogP contribution >= 0.6 is 0 Å². The Bertz CT molecular complexity index is 591. The van der Waals surface area contributed by atoms with E-state index in [0.29, 0.717) is 11.3 Å². The van der Waals surface area contributed by atoms with Crippen LogP contribution in [0.4, 0.5) is 8.78 Å². The number of benzene rings is 2. The summed E-state index contributed by atoms with van der Waals surface area (Å²) in [6, 6.07) is 11.0. The van der Waals surface area contributed by atoms with Gasteiger partial charge in [0, 0.05) is 23.1 Å². The van der Waals surface area contributed by atoms with Gasteiger partial charge in [-0.05, 0) is 25.1 Å². The van der Waals surface area contributed by atoms with Crippen molar-refractivity contribution in [1.82, 2.24) is 0 Å². The van der Waals surface area contributed by atoms with Crippen LogP contribution in [0.3, 0.4) is 0 Å². The third-order valence-electron chi connectivity index (χ3n) is 3.33. The molecule has 0 amide bonds. The molecule has 0 radical (unpaired) electrons. The largest absolute Gasteiger partial charge is 0.496 e. The minimum absolute atomic E-state index is 0.0107. The van der Waals surface area contributed by atoms with Gasteiger partial charge in [0.2, 0.25) is 0 Å². The van der Waals surface area contributed by atoms with Crippen molar-refractivity contribution in [3.63, 3.8) is 0 Å². The van der Waals surface area contributed by atoms with E-state index in [0.717, 1.165) is 0 Å². The maximum Gasteiger partial charge on any atom is 0.129 e. The summed E-state index contributed by atoms with van der Waals surface area (Å²) in [5.74, 6) is -0.567. The summed E-state index contributed by atoms with van der Waals surface area (Å²) in [6.45, 7) is 1.73. The highest BCUT2D eigenvalue weighted by Gasteiger charge is 2.27. The third kappa shape index (κ3) is 2.80. The zero-order valence-electron chi connectivity index (χ0n) is 11.5. The Morgan fingerprint density at radius 3 is 2.25 bits per heavy atom. The van der Waals surface area contributed by atoms with Gasteiger partial charge in [-0.3, -0.25) is 0 Å². The number of para-hydroxylation sites is 1. The molecule has 0 aliphatic rings. The van der Waals surface area contributed by atoms with Gasteiger partial charge in [0.15, 0.2) is 0 Å². The lowest BCUT2D eigenvalue weighted by molar-refractivity contribution is 0.382. The Morgan fingerprint density at radius 2 is 1.65 bits per heavy atom. The summed E-state index contributed by atoms with van der Waals surface area (Å²) >= 11 is 0. The molecule has 0 aromatic heterocycles. The van der Waals surface area contributed by atoms with E-state index in [4.69, 9.17) is 10.5 Å². The van der Waals surface area contributed by atoms with Crippen LogP contribution in [-0.2, 0) is 12.0 Å². The van der Waals surface area contributed by atoms with Crippen molar-refractivity contribution in [2.75, 3.05) is 7.11 Å². The second kappa shape index (κ2) is 5.59. The number of rotatable bonds is 4. The second-order valence-electron chi connectivity index (χ2n) is 4.99. The molecule has 2 aromatic rings. The molecule has 0 aliphatic heterocycles. The van der Waals surface area contributed by atoms with E-state index < -0.39 is 17.2 Å². The minimum Gasteiger partial charge on any atom is -0.496 e. The molecule has 0 heterocycles. The Hall–Kier alpha value is -1.94. The second-order valence-corrected chi connectivity index (χ2v) is 4.99. The molecule has 2 rings (SSSR count). The van der Waals surface area contributed by atoms with Crippen molar-refractivity contribution in [2.45, 2.75) is 18.9 Å². The minimum atomic E-state index is -0.935. The average Bonchev–Trinajstić information content (AvgIpc) is 2.43. The van der Waals surface area contributed by atoms with E-state index in [2.05, 4.69) is 0 Å². The van der Waals surface area contributed by atoms with Gasteiger partial charge in [-0.25, -0.2) is 8.78 Å². The lowest BCUT2D eigenvalue weighted by Gasteiger charge is -2.27. The standard InChI is InChI=1S/C16H17F2NO/c1-16(19,12-6-3-4-9-15(12)20-2)10-11-13(17)7-5-8-14(11)18/h3-9H,10,19H2,1-2H3. The molecule has 2 nitrogen and oxygen atoms in total. The van der Waals surface area contributed by atoms with Crippen molar-refractivity contribution in [3.8, 4) is 5.75 Å². The van der Waals surface area contributed by atoms with Gasteiger partial charge in [0.05, 0.1) is 7.11 Å². The van der Waals surface area contributed by atoms with Crippen molar-refractivity contribution in [3.05, 3.63) is 65.2 Å². The quantitative estimate of drug-likeness (QED) is 0.929. The van der Waals surface area contributed by atoms with E-state index in [-0.39, 0.29) is 12.0 Å². The molecule has 2 aromatic carbocycles. The van der Waals surface area contributed by atoms with Crippen LogP contribution in [-0.4, -0.2) is 7.11 Å². The van der Waals surface area contributed by atoms with E-state index in [1.807, 2.05) is 12.1 Å². The van der Waals surface area contributed by atoms with Gasteiger partial charge in [-0.15, -0.1) is 0 Å². The van der Waals surface area contributed by atoms with E-state index >= 15 is 0 Å². The summed E-state index contributed by atoms with van der Waals surface area (Å²) in [6.07, 6.45) is 0.0475. The zero-order chi connectivity index (χ0) is 14.8. The molecule has 0 bridgehead atoms. The van der Waals surface area contributed by atoms with Crippen LogP contribution in [0.15, 0.2) is 42.5 Å². The molecular weight excluding hydrogens is 260 g/mol. The van der Waals surface area contributed by atoms with Gasteiger partial charge >= 0.3 is 0 Å². The number of nitrogens with two attached hydrogens (primary N) is 1. The molecule has 0 saturated heterocycles. The highest BCUT2D eigenvalue weighted by Crippen LogP contribution is 2.31. The van der Waals surface area contributed by atoms with Crippen molar-refractivity contribution < 1.29 is 13.5 Å². The van der Waals surface area contributed by atoms with Gasteiger partial charge in [0.1, 0.15) is 17.4 Å². The molecule has 0 aliphatic carbocycles. The third-order valence-corrected chi connectivity index (χ3v) is 3.33. The Balaban J connectivity index is 2.41. The maximum absolute atomic E-state index is 13.8. The number of hydrogen-bond acceptors (Lipinski definition) is 2. The van der Waals surface area contributed by atoms with Crippen LogP contribution in [0.1, 0.15) is 18.1 Å². The fraction of sp³-hybridized carbons (Fsp3) is 0.250. The maximum atomic E-state index is 13.8. The fourth-order valence-corrected chi connectivity index (χ4v) is 2.28. The first-order valence-electron chi connectivity index (χ1n) is 6.31. The first-order chi connectivity index (χ1) is 9.45. The number of halogens is 2. The Kier molecular flexibility index (Phi) is 4.04. The normalized spacial score (nSPS) is 13.8.